The van der Waals surface area contributed by atoms with Crippen LogP contribution in [0.15, 0.2) is 18.3 Å². The highest BCUT2D eigenvalue weighted by molar-refractivity contribution is 5.20. The summed E-state index contributed by atoms with van der Waals surface area (Å²) in [5, 5.41) is 3.43. The zero-order chi connectivity index (χ0) is 14.8. The molecule has 0 spiro atoms. The average molecular weight is 279 g/mol. The largest absolute Gasteiger partial charge is 0.476 e. The molecule has 0 fully saturated rings. The second-order valence-electron chi connectivity index (χ2n) is 5.40. The van der Waals surface area contributed by atoms with Gasteiger partial charge in [-0.25, -0.2) is 4.98 Å². The van der Waals surface area contributed by atoms with Gasteiger partial charge in [0.25, 0.3) is 0 Å². The van der Waals surface area contributed by atoms with Crippen molar-refractivity contribution in [3.63, 3.8) is 0 Å². The van der Waals surface area contributed by atoms with Crippen LogP contribution in [0.3, 0.4) is 0 Å². The van der Waals surface area contributed by atoms with Gasteiger partial charge in [-0.3, -0.25) is 0 Å². The fourth-order valence-corrected chi connectivity index (χ4v) is 1.96. The zero-order valence-electron chi connectivity index (χ0n) is 13.4. The Morgan fingerprint density at radius 1 is 1.30 bits per heavy atom. The molecule has 0 aromatic carbocycles. The Morgan fingerprint density at radius 2 is 2.05 bits per heavy atom. The lowest BCUT2D eigenvalue weighted by atomic mass is 10.2. The number of hydrogen-bond donors (Lipinski definition) is 1. The van der Waals surface area contributed by atoms with E-state index in [4.69, 9.17) is 4.74 Å². The highest BCUT2D eigenvalue weighted by Crippen LogP contribution is 2.09. The van der Waals surface area contributed by atoms with E-state index < -0.39 is 0 Å². The van der Waals surface area contributed by atoms with Gasteiger partial charge in [0.15, 0.2) is 0 Å². The van der Waals surface area contributed by atoms with Gasteiger partial charge in [-0.15, -0.1) is 0 Å². The minimum absolute atomic E-state index is 0.668. The van der Waals surface area contributed by atoms with Crippen LogP contribution in [0.5, 0.6) is 5.88 Å². The molecule has 4 heteroatoms. The summed E-state index contributed by atoms with van der Waals surface area (Å²) >= 11 is 0. The van der Waals surface area contributed by atoms with Gasteiger partial charge in [0.05, 0.1) is 0 Å². The molecular formula is C16H29N3O. The summed E-state index contributed by atoms with van der Waals surface area (Å²) in [4.78, 5) is 6.60. The maximum absolute atomic E-state index is 5.73. The molecule has 0 saturated carbocycles. The normalized spacial score (nSPS) is 11.3. The molecule has 1 aromatic rings. The summed E-state index contributed by atoms with van der Waals surface area (Å²) in [5.74, 6) is 1.39. The molecule has 1 rings (SSSR count). The Kier molecular flexibility index (Phi) is 8.23. The smallest absolute Gasteiger partial charge is 0.213 e. The zero-order valence-corrected chi connectivity index (χ0v) is 13.4. The molecule has 20 heavy (non-hydrogen) atoms. The van der Waals surface area contributed by atoms with Crippen molar-refractivity contribution in [2.75, 3.05) is 32.8 Å². The molecule has 1 aromatic heterocycles. The lowest BCUT2D eigenvalue weighted by molar-refractivity contribution is 0.218. The van der Waals surface area contributed by atoms with Gasteiger partial charge in [-0.05, 0) is 37.2 Å². The molecule has 1 heterocycles. The molecule has 0 radical (unpaired) electrons. The highest BCUT2D eigenvalue weighted by atomic mass is 16.5. The van der Waals surface area contributed by atoms with E-state index >= 15 is 0 Å². The molecule has 0 saturated heterocycles. The van der Waals surface area contributed by atoms with Crippen molar-refractivity contribution in [1.29, 1.82) is 0 Å². The first-order valence-corrected chi connectivity index (χ1v) is 7.66. The third-order valence-corrected chi connectivity index (χ3v) is 3.23. The molecule has 0 aliphatic heterocycles. The van der Waals surface area contributed by atoms with E-state index in [0.29, 0.717) is 12.5 Å². The molecular weight excluding hydrogens is 250 g/mol. The van der Waals surface area contributed by atoms with Crippen molar-refractivity contribution in [2.45, 2.75) is 34.2 Å². The van der Waals surface area contributed by atoms with Gasteiger partial charge in [-0.1, -0.05) is 27.7 Å². The van der Waals surface area contributed by atoms with Crippen molar-refractivity contribution in [3.05, 3.63) is 23.9 Å². The predicted octanol–water partition coefficient (Wildman–Crippen LogP) is 2.55. The molecule has 0 amide bonds. The van der Waals surface area contributed by atoms with E-state index in [-0.39, 0.29) is 0 Å². The average Bonchev–Trinajstić information content (AvgIpc) is 2.44. The highest BCUT2D eigenvalue weighted by Gasteiger charge is 2.02. The Bertz CT molecular complexity index is 364. The molecule has 4 nitrogen and oxygen atoms in total. The number of rotatable bonds is 10. The van der Waals surface area contributed by atoms with E-state index in [1.807, 2.05) is 18.3 Å². The maximum atomic E-state index is 5.73. The van der Waals surface area contributed by atoms with E-state index in [9.17, 15) is 0 Å². The van der Waals surface area contributed by atoms with Gasteiger partial charge in [-0.2, -0.15) is 0 Å². The summed E-state index contributed by atoms with van der Waals surface area (Å²) < 4.78 is 5.73. The van der Waals surface area contributed by atoms with Crippen molar-refractivity contribution < 1.29 is 4.74 Å². The number of nitrogens with one attached hydrogen (secondary N) is 1. The van der Waals surface area contributed by atoms with E-state index in [1.54, 1.807) is 0 Å². The first-order chi connectivity index (χ1) is 9.65. The van der Waals surface area contributed by atoms with Crippen LogP contribution in [0.25, 0.3) is 0 Å². The molecule has 0 atom stereocenters. The van der Waals surface area contributed by atoms with Gasteiger partial charge in [0, 0.05) is 25.4 Å². The van der Waals surface area contributed by atoms with Crippen molar-refractivity contribution >= 4 is 0 Å². The maximum Gasteiger partial charge on any atom is 0.213 e. The van der Waals surface area contributed by atoms with Crippen LogP contribution in [-0.4, -0.2) is 42.7 Å². The lowest BCUT2D eigenvalue weighted by Gasteiger charge is -2.17. The minimum Gasteiger partial charge on any atom is -0.476 e. The van der Waals surface area contributed by atoms with Gasteiger partial charge < -0.3 is 15.0 Å². The van der Waals surface area contributed by atoms with Crippen LogP contribution >= 0.6 is 0 Å². The first-order valence-electron chi connectivity index (χ1n) is 7.66. The Morgan fingerprint density at radius 3 is 2.70 bits per heavy atom. The standard InChI is InChI=1S/C16H29N3O/c1-5-19(6-2)9-10-20-16-11-15(7-8-18-16)13-17-12-14(3)4/h7-8,11,14,17H,5-6,9-10,12-13H2,1-4H3. The fourth-order valence-electron chi connectivity index (χ4n) is 1.96. The Balaban J connectivity index is 2.35. The number of hydrogen-bond acceptors (Lipinski definition) is 4. The quantitative estimate of drug-likeness (QED) is 0.714. The molecule has 114 valence electrons. The van der Waals surface area contributed by atoms with E-state index in [1.165, 1.54) is 5.56 Å². The molecule has 1 N–H and O–H groups in total. The van der Waals surface area contributed by atoms with Crippen LogP contribution in [0, 0.1) is 5.92 Å². The summed E-state index contributed by atoms with van der Waals surface area (Å²) in [6.45, 7) is 14.4. The second kappa shape index (κ2) is 9.72. The van der Waals surface area contributed by atoms with Crippen LogP contribution in [0.2, 0.25) is 0 Å². The first kappa shape index (κ1) is 16.9. The molecule has 0 bridgehead atoms. The van der Waals surface area contributed by atoms with Crippen molar-refractivity contribution in [1.82, 2.24) is 15.2 Å². The Labute approximate surface area is 123 Å². The topological polar surface area (TPSA) is 37.4 Å². The number of ether oxygens (including phenoxy) is 1. The summed E-state index contributed by atoms with van der Waals surface area (Å²) in [6.07, 6.45) is 1.82. The Hall–Kier alpha value is -1.13. The fraction of sp³-hybridized carbons (Fsp3) is 0.688. The summed E-state index contributed by atoms with van der Waals surface area (Å²) in [5.41, 5.74) is 1.22. The minimum atomic E-state index is 0.668. The molecule has 0 unspecified atom stereocenters. The summed E-state index contributed by atoms with van der Waals surface area (Å²) in [6, 6.07) is 4.06. The van der Waals surface area contributed by atoms with E-state index in [0.717, 1.165) is 38.6 Å². The van der Waals surface area contributed by atoms with Gasteiger partial charge in [0.1, 0.15) is 6.61 Å². The second-order valence-corrected chi connectivity index (χ2v) is 5.40. The monoisotopic (exact) mass is 279 g/mol. The van der Waals surface area contributed by atoms with Crippen molar-refractivity contribution in [3.8, 4) is 5.88 Å². The van der Waals surface area contributed by atoms with Gasteiger partial charge >= 0.3 is 0 Å². The van der Waals surface area contributed by atoms with Crippen LogP contribution < -0.4 is 10.1 Å². The molecule has 0 aliphatic carbocycles. The van der Waals surface area contributed by atoms with E-state index in [2.05, 4.69) is 42.9 Å². The molecule has 0 aliphatic rings. The SMILES string of the molecule is CCN(CC)CCOc1cc(CNCC(C)C)ccn1. The van der Waals surface area contributed by atoms with Crippen LogP contribution in [-0.2, 0) is 6.54 Å². The van der Waals surface area contributed by atoms with Crippen LogP contribution in [0.4, 0.5) is 0 Å². The number of nitrogens with zero attached hydrogens (tertiary/aromatic N) is 2. The lowest BCUT2D eigenvalue weighted by Crippen LogP contribution is -2.28. The number of likely N-dealkylation sites (N-methyl/N-ethyl adjacent to an activating group) is 1. The number of pyridine rings is 1. The summed E-state index contributed by atoms with van der Waals surface area (Å²) in [7, 11) is 0. The van der Waals surface area contributed by atoms with Crippen LogP contribution in [0.1, 0.15) is 33.3 Å². The third kappa shape index (κ3) is 6.87. The van der Waals surface area contributed by atoms with Crippen molar-refractivity contribution in [2.24, 2.45) is 5.92 Å². The third-order valence-electron chi connectivity index (χ3n) is 3.23. The van der Waals surface area contributed by atoms with Gasteiger partial charge in [0.2, 0.25) is 5.88 Å². The number of aromatic nitrogens is 1. The predicted molar refractivity (Wildman–Crippen MR) is 84.1 cm³/mol.